The van der Waals surface area contributed by atoms with E-state index in [1.165, 1.54) is 0 Å². The molecule has 12 heavy (non-hydrogen) atoms. The number of nitrogens with zero attached hydrogens (tertiary/aromatic N) is 2. The monoisotopic (exact) mass is 167 g/mol. The van der Waals surface area contributed by atoms with Crippen LogP contribution < -0.4 is 17.0 Å². The summed E-state index contributed by atoms with van der Waals surface area (Å²) in [5, 5.41) is 4.73. The number of anilines is 1. The normalized spacial score (nSPS) is 10.7. The zero-order valence-corrected chi connectivity index (χ0v) is 5.87. The second-order valence-electron chi connectivity index (χ2n) is 2.24. The first-order chi connectivity index (χ1) is 5.70. The maximum absolute atomic E-state index is 10.9. The smallest absolute Gasteiger partial charge is 0.347 e. The molecule has 0 aliphatic carbocycles. The minimum Gasteiger partial charge on any atom is -0.391 e. The zero-order valence-electron chi connectivity index (χ0n) is 5.87. The van der Waals surface area contributed by atoms with E-state index in [4.69, 9.17) is 5.73 Å². The standard InChI is InChI=1S/C5H5N5O2/c6-2-3-8-9-5(12)10(3)1-7-4(2)11/h1,8H,6H2,(H,9,12). The summed E-state index contributed by atoms with van der Waals surface area (Å²) in [7, 11) is 0. The fourth-order valence-corrected chi connectivity index (χ4v) is 0.923. The van der Waals surface area contributed by atoms with Gasteiger partial charge < -0.3 is 5.73 Å². The summed E-state index contributed by atoms with van der Waals surface area (Å²) in [6.45, 7) is 0. The van der Waals surface area contributed by atoms with Crippen molar-refractivity contribution in [2.75, 3.05) is 5.73 Å². The largest absolute Gasteiger partial charge is 0.391 e. The van der Waals surface area contributed by atoms with Crippen LogP contribution in [0.5, 0.6) is 0 Å². The van der Waals surface area contributed by atoms with E-state index in [1.54, 1.807) is 0 Å². The van der Waals surface area contributed by atoms with E-state index in [-0.39, 0.29) is 11.3 Å². The summed E-state index contributed by atoms with van der Waals surface area (Å²) < 4.78 is 1.12. The van der Waals surface area contributed by atoms with Gasteiger partial charge in [-0.25, -0.2) is 14.3 Å². The van der Waals surface area contributed by atoms with Crippen molar-refractivity contribution in [1.82, 2.24) is 19.6 Å². The number of hydrogen-bond acceptors (Lipinski definition) is 4. The molecule has 0 unspecified atom stereocenters. The van der Waals surface area contributed by atoms with Crippen molar-refractivity contribution in [1.29, 1.82) is 0 Å². The molecule has 2 aromatic rings. The summed E-state index contributed by atoms with van der Waals surface area (Å²) in [6.07, 6.45) is 1.11. The van der Waals surface area contributed by atoms with E-state index in [9.17, 15) is 9.59 Å². The van der Waals surface area contributed by atoms with Gasteiger partial charge >= 0.3 is 5.69 Å². The van der Waals surface area contributed by atoms with Gasteiger partial charge in [-0.3, -0.25) is 9.89 Å². The summed E-state index contributed by atoms with van der Waals surface area (Å²) in [5.41, 5.74) is 4.54. The average molecular weight is 167 g/mol. The minimum absolute atomic E-state index is 0.0733. The van der Waals surface area contributed by atoms with Crippen LogP contribution in [0.15, 0.2) is 15.9 Å². The molecule has 0 saturated carbocycles. The molecule has 0 fully saturated rings. The van der Waals surface area contributed by atoms with Crippen molar-refractivity contribution in [3.63, 3.8) is 0 Å². The van der Waals surface area contributed by atoms with Crippen LogP contribution in [0.2, 0.25) is 0 Å². The third kappa shape index (κ3) is 0.669. The molecule has 2 heterocycles. The number of fused-ring (bicyclic) bond motifs is 1. The fourth-order valence-electron chi connectivity index (χ4n) is 0.923. The number of nitrogens with one attached hydrogen (secondary N) is 2. The van der Waals surface area contributed by atoms with Gasteiger partial charge in [-0.05, 0) is 0 Å². The van der Waals surface area contributed by atoms with Gasteiger partial charge in [0, 0.05) is 0 Å². The van der Waals surface area contributed by atoms with Gasteiger partial charge in [-0.1, -0.05) is 0 Å². The van der Waals surface area contributed by atoms with Gasteiger partial charge in [0.25, 0.3) is 5.56 Å². The van der Waals surface area contributed by atoms with E-state index in [0.29, 0.717) is 0 Å². The molecule has 0 aliphatic heterocycles. The van der Waals surface area contributed by atoms with Crippen LogP contribution in [-0.4, -0.2) is 19.6 Å². The lowest BCUT2D eigenvalue weighted by atomic mass is 10.5. The molecule has 2 aromatic heterocycles. The molecule has 7 nitrogen and oxygen atoms in total. The van der Waals surface area contributed by atoms with E-state index in [0.717, 1.165) is 10.7 Å². The number of rotatable bonds is 0. The molecular formula is C5H5N5O2. The van der Waals surface area contributed by atoms with E-state index < -0.39 is 11.2 Å². The highest BCUT2D eigenvalue weighted by molar-refractivity contribution is 5.61. The van der Waals surface area contributed by atoms with Crippen molar-refractivity contribution in [3.05, 3.63) is 27.2 Å². The van der Waals surface area contributed by atoms with Gasteiger partial charge in [-0.15, -0.1) is 0 Å². The van der Waals surface area contributed by atoms with Crippen molar-refractivity contribution >= 4 is 11.3 Å². The minimum atomic E-state index is -0.551. The molecule has 0 bridgehead atoms. The van der Waals surface area contributed by atoms with Crippen LogP contribution in [0.1, 0.15) is 0 Å². The Morgan fingerprint density at radius 1 is 1.42 bits per heavy atom. The molecule has 0 radical (unpaired) electrons. The van der Waals surface area contributed by atoms with Crippen molar-refractivity contribution in [3.8, 4) is 0 Å². The van der Waals surface area contributed by atoms with E-state index in [1.807, 2.05) is 0 Å². The van der Waals surface area contributed by atoms with Crippen LogP contribution in [0.25, 0.3) is 5.65 Å². The van der Waals surface area contributed by atoms with Gasteiger partial charge in [0.05, 0.1) is 0 Å². The molecule has 0 amide bonds. The predicted octanol–water partition coefficient (Wildman–Crippen LogP) is -1.71. The SMILES string of the molecule is Nc1c(=O)ncn2c(=O)[nH][nH]c12. The Hall–Kier alpha value is -2.05. The molecule has 0 saturated heterocycles. The van der Waals surface area contributed by atoms with Crippen LogP contribution in [-0.2, 0) is 0 Å². The first kappa shape index (κ1) is 6.65. The summed E-state index contributed by atoms with van der Waals surface area (Å²) in [4.78, 5) is 25.2. The van der Waals surface area contributed by atoms with Crippen molar-refractivity contribution in [2.45, 2.75) is 0 Å². The van der Waals surface area contributed by atoms with E-state index in [2.05, 4.69) is 15.2 Å². The van der Waals surface area contributed by atoms with Crippen LogP contribution in [0.4, 0.5) is 5.69 Å². The number of aromatic nitrogens is 4. The Morgan fingerprint density at radius 3 is 2.92 bits per heavy atom. The molecular weight excluding hydrogens is 162 g/mol. The molecule has 7 heteroatoms. The lowest BCUT2D eigenvalue weighted by Crippen LogP contribution is -2.17. The highest BCUT2D eigenvalue weighted by Crippen LogP contribution is 1.97. The van der Waals surface area contributed by atoms with Crippen LogP contribution in [0.3, 0.4) is 0 Å². The maximum atomic E-state index is 10.9. The Kier molecular flexibility index (Phi) is 1.09. The summed E-state index contributed by atoms with van der Waals surface area (Å²) in [5.74, 6) is 0. The molecule has 62 valence electrons. The molecule has 2 rings (SSSR count). The van der Waals surface area contributed by atoms with Crippen LogP contribution in [0, 0.1) is 0 Å². The topological polar surface area (TPSA) is 109 Å². The predicted molar refractivity (Wildman–Crippen MR) is 40.8 cm³/mol. The first-order valence-electron chi connectivity index (χ1n) is 3.13. The number of nitrogen functional groups attached to an aromatic ring is 1. The highest BCUT2D eigenvalue weighted by atomic mass is 16.2. The molecule has 0 aromatic carbocycles. The molecule has 0 aliphatic rings. The summed E-state index contributed by atoms with van der Waals surface area (Å²) >= 11 is 0. The Labute approximate surface area is 64.8 Å². The number of nitrogens with two attached hydrogens (primary N) is 1. The Morgan fingerprint density at radius 2 is 2.17 bits per heavy atom. The van der Waals surface area contributed by atoms with Gasteiger partial charge in [0.1, 0.15) is 12.0 Å². The summed E-state index contributed by atoms with van der Waals surface area (Å²) in [6, 6.07) is 0. The third-order valence-corrected chi connectivity index (χ3v) is 1.52. The zero-order chi connectivity index (χ0) is 8.72. The van der Waals surface area contributed by atoms with Gasteiger partial charge in [0.2, 0.25) is 0 Å². The number of H-pyrrole nitrogens is 2. The van der Waals surface area contributed by atoms with Gasteiger partial charge in [-0.2, -0.15) is 4.98 Å². The third-order valence-electron chi connectivity index (χ3n) is 1.52. The quantitative estimate of drug-likeness (QED) is 0.434. The molecule has 0 atom stereocenters. The Bertz CT molecular complexity index is 532. The lowest BCUT2D eigenvalue weighted by Gasteiger charge is -1.91. The number of aromatic amines is 2. The van der Waals surface area contributed by atoms with Crippen LogP contribution >= 0.6 is 0 Å². The van der Waals surface area contributed by atoms with Crippen molar-refractivity contribution < 1.29 is 0 Å². The lowest BCUT2D eigenvalue weighted by molar-refractivity contribution is 0.988. The second-order valence-corrected chi connectivity index (χ2v) is 2.24. The van der Waals surface area contributed by atoms with E-state index >= 15 is 0 Å². The maximum Gasteiger partial charge on any atom is 0.347 e. The van der Waals surface area contributed by atoms with Gasteiger partial charge in [0.15, 0.2) is 5.65 Å². The Balaban J connectivity index is 3.13. The fraction of sp³-hybridized carbons (Fsp3) is 0. The molecule has 0 spiro atoms. The second kappa shape index (κ2) is 1.97. The van der Waals surface area contributed by atoms with Crippen molar-refractivity contribution in [2.24, 2.45) is 0 Å². The first-order valence-corrected chi connectivity index (χ1v) is 3.13. The number of hydrogen-bond donors (Lipinski definition) is 3. The highest BCUT2D eigenvalue weighted by Gasteiger charge is 2.04. The average Bonchev–Trinajstić information content (AvgIpc) is 2.41. The molecule has 4 N–H and O–H groups in total.